The molecule has 7 heteroatoms. The summed E-state index contributed by atoms with van der Waals surface area (Å²) in [5, 5.41) is 7.30. The first-order valence-electron chi connectivity index (χ1n) is 9.69. The number of amides is 1. The first-order valence-corrected chi connectivity index (χ1v) is 9.69. The lowest BCUT2D eigenvalue weighted by Crippen LogP contribution is -2.54. The van der Waals surface area contributed by atoms with Gasteiger partial charge in [-0.15, -0.1) is 0 Å². The molecule has 1 aliphatic carbocycles. The van der Waals surface area contributed by atoms with Crippen molar-refractivity contribution in [3.63, 3.8) is 0 Å². The van der Waals surface area contributed by atoms with E-state index in [-0.39, 0.29) is 30.1 Å². The number of fused-ring (bicyclic) bond motifs is 1. The van der Waals surface area contributed by atoms with E-state index in [9.17, 15) is 4.79 Å². The quantitative estimate of drug-likeness (QED) is 0.841. The number of carbonyl (C=O) groups is 1. The number of nitrogens with zero attached hydrogens (tertiary/aromatic N) is 3. The van der Waals surface area contributed by atoms with Crippen molar-refractivity contribution in [2.24, 2.45) is 0 Å². The van der Waals surface area contributed by atoms with Crippen LogP contribution in [-0.4, -0.2) is 51.9 Å². The maximum atomic E-state index is 12.4. The lowest BCUT2D eigenvalue weighted by Gasteiger charge is -2.43. The molecule has 1 aliphatic heterocycles. The molecule has 4 rings (SSSR count). The molecule has 0 aromatic carbocycles. The number of ether oxygens (including phenoxy) is 1. The number of aryl methyl sites for hydroxylation is 1. The van der Waals surface area contributed by atoms with Gasteiger partial charge in [-0.1, -0.05) is 0 Å². The predicted molar refractivity (Wildman–Crippen MR) is 100 cm³/mol. The van der Waals surface area contributed by atoms with Gasteiger partial charge in [-0.3, -0.25) is 14.4 Å². The number of carbonyl (C=O) groups excluding carboxylic acids is 1. The Bertz CT molecular complexity index is 772. The van der Waals surface area contributed by atoms with Gasteiger partial charge in [0.2, 0.25) is 5.91 Å². The van der Waals surface area contributed by atoms with E-state index in [0.29, 0.717) is 0 Å². The Morgan fingerprint density at radius 1 is 1.44 bits per heavy atom. The minimum absolute atomic E-state index is 0.0137. The largest absolute Gasteiger partial charge is 0.465 e. The van der Waals surface area contributed by atoms with Crippen molar-refractivity contribution in [2.45, 2.75) is 63.4 Å². The van der Waals surface area contributed by atoms with Crippen molar-refractivity contribution >= 4 is 5.91 Å². The Morgan fingerprint density at radius 3 is 3.04 bits per heavy atom. The Labute approximate surface area is 159 Å². The van der Waals surface area contributed by atoms with Crippen molar-refractivity contribution in [1.29, 1.82) is 0 Å². The van der Waals surface area contributed by atoms with Crippen LogP contribution in [0.1, 0.15) is 37.2 Å². The predicted octanol–water partition coefficient (Wildman–Crippen LogP) is 2.11. The summed E-state index contributed by atoms with van der Waals surface area (Å²) in [6.07, 6.45) is 7.34. The molecule has 7 nitrogen and oxygen atoms in total. The van der Waals surface area contributed by atoms with Gasteiger partial charge < -0.3 is 14.5 Å². The monoisotopic (exact) mass is 372 g/mol. The minimum atomic E-state index is -0.106. The Balaban J connectivity index is 1.41. The fourth-order valence-corrected chi connectivity index (χ4v) is 4.69. The van der Waals surface area contributed by atoms with Gasteiger partial charge in [-0.2, -0.15) is 5.10 Å². The van der Waals surface area contributed by atoms with Crippen LogP contribution in [0.25, 0.3) is 0 Å². The topological polar surface area (TPSA) is 72.5 Å². The van der Waals surface area contributed by atoms with E-state index in [0.717, 1.165) is 50.3 Å². The maximum absolute atomic E-state index is 12.4. The van der Waals surface area contributed by atoms with Crippen LogP contribution in [0.15, 0.2) is 35.0 Å². The molecule has 1 amide bonds. The van der Waals surface area contributed by atoms with E-state index in [4.69, 9.17) is 9.15 Å². The van der Waals surface area contributed by atoms with Crippen molar-refractivity contribution in [3.8, 4) is 0 Å². The van der Waals surface area contributed by atoms with Crippen LogP contribution in [-0.2, 0) is 22.6 Å². The molecular weight excluding hydrogens is 344 g/mol. The number of nitrogens with one attached hydrogen (secondary N) is 1. The second-order valence-electron chi connectivity index (χ2n) is 7.76. The van der Waals surface area contributed by atoms with Crippen molar-refractivity contribution in [2.75, 3.05) is 13.7 Å². The second kappa shape index (κ2) is 7.48. The van der Waals surface area contributed by atoms with Gasteiger partial charge in [0.15, 0.2) is 0 Å². The zero-order chi connectivity index (χ0) is 18.9. The fraction of sp³-hybridized carbons (Fsp3) is 0.600. The summed E-state index contributed by atoms with van der Waals surface area (Å²) in [5.74, 6) is 1.94. The highest BCUT2D eigenvalue weighted by Crippen LogP contribution is 2.43. The van der Waals surface area contributed by atoms with Gasteiger partial charge in [0.25, 0.3) is 0 Å². The molecule has 1 saturated heterocycles. The van der Waals surface area contributed by atoms with E-state index in [1.54, 1.807) is 17.1 Å². The van der Waals surface area contributed by atoms with Crippen molar-refractivity contribution < 1.29 is 13.9 Å². The van der Waals surface area contributed by atoms with Gasteiger partial charge in [0.1, 0.15) is 18.1 Å². The second-order valence-corrected chi connectivity index (χ2v) is 7.76. The fourth-order valence-electron chi connectivity index (χ4n) is 4.69. The summed E-state index contributed by atoms with van der Waals surface area (Å²) >= 11 is 0. The van der Waals surface area contributed by atoms with E-state index in [1.807, 2.05) is 32.2 Å². The maximum Gasteiger partial charge on any atom is 0.241 e. The standard InChI is InChI=1S/C20H28N4O3/c1-15-4-5-17(27-15)13-23-11-8-20(26-2)7-6-16(12-18(20)23)22-19(25)14-24-10-3-9-21-24/h3-5,9-10,16,18H,6-8,11-14H2,1-2H3,(H,22,25)/t16-,18+,20-/m1/s1. The van der Waals surface area contributed by atoms with Crippen molar-refractivity contribution in [3.05, 3.63) is 42.1 Å². The number of likely N-dealkylation sites (tertiary alicyclic amines) is 1. The summed E-state index contributed by atoms with van der Waals surface area (Å²) in [6.45, 7) is 4.02. The molecule has 2 fully saturated rings. The van der Waals surface area contributed by atoms with Crippen LogP contribution in [0.5, 0.6) is 0 Å². The average molecular weight is 372 g/mol. The zero-order valence-electron chi connectivity index (χ0n) is 16.1. The molecular formula is C20H28N4O3. The highest BCUT2D eigenvalue weighted by atomic mass is 16.5. The summed E-state index contributed by atoms with van der Waals surface area (Å²) < 4.78 is 13.4. The normalized spacial score (nSPS) is 28.2. The van der Waals surface area contributed by atoms with Crippen LogP contribution >= 0.6 is 0 Å². The van der Waals surface area contributed by atoms with E-state index in [2.05, 4.69) is 15.3 Å². The van der Waals surface area contributed by atoms with Gasteiger partial charge in [0, 0.05) is 38.1 Å². The van der Waals surface area contributed by atoms with Gasteiger partial charge >= 0.3 is 0 Å². The molecule has 27 heavy (non-hydrogen) atoms. The number of aromatic nitrogens is 2. The SMILES string of the molecule is CO[C@@]12CC[C@@H](NC(=O)Cn3cccn3)C[C@@H]1N(Cc1ccc(C)o1)CC2. The smallest absolute Gasteiger partial charge is 0.241 e. The van der Waals surface area contributed by atoms with Crippen LogP contribution in [0.3, 0.4) is 0 Å². The molecule has 0 spiro atoms. The molecule has 0 bridgehead atoms. The number of methoxy groups -OCH3 is 1. The lowest BCUT2D eigenvalue weighted by atomic mass is 9.78. The molecule has 1 saturated carbocycles. The Kier molecular flexibility index (Phi) is 5.06. The molecule has 2 aliphatic rings. The third-order valence-electron chi connectivity index (χ3n) is 6.09. The highest BCUT2D eigenvalue weighted by molar-refractivity contribution is 5.75. The lowest BCUT2D eigenvalue weighted by molar-refractivity contribution is -0.124. The molecule has 3 atom stereocenters. The van der Waals surface area contributed by atoms with Crippen molar-refractivity contribution in [1.82, 2.24) is 20.0 Å². The highest BCUT2D eigenvalue weighted by Gasteiger charge is 2.51. The first kappa shape index (κ1) is 18.3. The molecule has 0 unspecified atom stereocenters. The molecule has 1 N–H and O–H groups in total. The number of hydrogen-bond donors (Lipinski definition) is 1. The zero-order valence-corrected chi connectivity index (χ0v) is 16.1. The molecule has 146 valence electrons. The molecule has 2 aromatic rings. The third kappa shape index (κ3) is 3.80. The first-order chi connectivity index (χ1) is 13.1. The summed E-state index contributed by atoms with van der Waals surface area (Å²) in [4.78, 5) is 14.8. The van der Waals surface area contributed by atoms with E-state index >= 15 is 0 Å². The van der Waals surface area contributed by atoms with Crippen LogP contribution in [0.2, 0.25) is 0 Å². The summed E-state index contributed by atoms with van der Waals surface area (Å²) in [7, 11) is 1.82. The third-order valence-corrected chi connectivity index (χ3v) is 6.09. The van der Waals surface area contributed by atoms with E-state index in [1.165, 1.54) is 0 Å². The van der Waals surface area contributed by atoms with E-state index < -0.39 is 0 Å². The minimum Gasteiger partial charge on any atom is -0.465 e. The van der Waals surface area contributed by atoms with Gasteiger partial charge in [-0.25, -0.2) is 0 Å². The van der Waals surface area contributed by atoms with Gasteiger partial charge in [-0.05, 0) is 50.8 Å². The summed E-state index contributed by atoms with van der Waals surface area (Å²) in [5.41, 5.74) is -0.106. The van der Waals surface area contributed by atoms with Crippen LogP contribution in [0.4, 0.5) is 0 Å². The Hall–Kier alpha value is -2.12. The van der Waals surface area contributed by atoms with Gasteiger partial charge in [0.05, 0.1) is 12.1 Å². The van der Waals surface area contributed by atoms with Crippen LogP contribution in [0, 0.1) is 6.92 Å². The average Bonchev–Trinajstić information content (AvgIpc) is 3.37. The molecule has 0 radical (unpaired) electrons. The molecule has 2 aromatic heterocycles. The molecule has 3 heterocycles. The Morgan fingerprint density at radius 2 is 2.33 bits per heavy atom. The number of rotatable bonds is 6. The number of hydrogen-bond acceptors (Lipinski definition) is 5. The number of furan rings is 1. The summed E-state index contributed by atoms with van der Waals surface area (Å²) in [6, 6.07) is 6.34. The van der Waals surface area contributed by atoms with Crippen LogP contribution < -0.4 is 5.32 Å².